The Morgan fingerprint density at radius 2 is 0.855 bits per heavy atom. The van der Waals surface area contributed by atoms with Crippen LogP contribution in [-0.2, 0) is 0 Å². The lowest BCUT2D eigenvalue weighted by molar-refractivity contribution is 0.261. The second-order valence-electron chi connectivity index (χ2n) is 22.5. The summed E-state index contributed by atoms with van der Waals surface area (Å²) in [5.41, 5.74) is 3.13. The van der Waals surface area contributed by atoms with Gasteiger partial charge in [0.15, 0.2) is 0 Å². The van der Waals surface area contributed by atoms with Crippen molar-refractivity contribution in [3.05, 3.63) is 36.7 Å². The van der Waals surface area contributed by atoms with Crippen molar-refractivity contribution in [3.63, 3.8) is 0 Å². The third-order valence-electron chi connectivity index (χ3n) is 15.6. The van der Waals surface area contributed by atoms with Crippen molar-refractivity contribution in [2.24, 2.45) is 11.8 Å². The van der Waals surface area contributed by atoms with E-state index in [0.717, 1.165) is 50.3 Å². The van der Waals surface area contributed by atoms with Crippen molar-refractivity contribution in [1.82, 2.24) is 20.4 Å². The topological polar surface area (TPSA) is 30.5 Å². The number of allylic oxidation sites excluding steroid dienone is 2. The lowest BCUT2D eigenvalue weighted by atomic mass is 9.86. The van der Waals surface area contributed by atoms with E-state index in [2.05, 4.69) is 74.4 Å². The van der Waals surface area contributed by atoms with Crippen LogP contribution in [0, 0.1) is 24.7 Å². The zero-order valence-corrected chi connectivity index (χ0v) is 47.9. The van der Waals surface area contributed by atoms with E-state index in [9.17, 15) is 0 Å². The fraction of sp³-hybridized carbons (Fsp3) is 0.877. The van der Waals surface area contributed by atoms with Crippen molar-refractivity contribution in [2.45, 2.75) is 303 Å². The summed E-state index contributed by atoms with van der Waals surface area (Å²) < 4.78 is 0. The molecule has 0 bridgehead atoms. The fourth-order valence-corrected chi connectivity index (χ4v) is 10.9. The number of nitrogens with zero attached hydrogens (tertiary/aromatic N) is 2. The van der Waals surface area contributed by atoms with Crippen LogP contribution in [0.3, 0.4) is 0 Å². The van der Waals surface area contributed by atoms with Gasteiger partial charge in [0.05, 0.1) is 5.82 Å². The quantitative estimate of drug-likeness (QED) is 0.0362. The highest BCUT2D eigenvalue weighted by Gasteiger charge is 2.14. The van der Waals surface area contributed by atoms with Crippen LogP contribution in [0.4, 0.5) is 0 Å². The highest BCUT2D eigenvalue weighted by molar-refractivity contribution is 5.00. The maximum Gasteiger partial charge on any atom is 0.0912 e. The molecule has 0 atom stereocenters. The molecule has 0 unspecified atom stereocenters. The Morgan fingerprint density at radius 1 is 0.449 bits per heavy atom. The Hall–Kier alpha value is -1.70. The summed E-state index contributed by atoms with van der Waals surface area (Å²) in [5, 5.41) is 7.09. The maximum absolute atomic E-state index is 4.70. The average Bonchev–Trinajstić information content (AvgIpc) is 3.36. The van der Waals surface area contributed by atoms with Crippen LogP contribution in [0.2, 0.25) is 0 Å². The number of hydrogen-bond acceptors (Lipinski definition) is 4. The molecule has 0 amide bonds. The van der Waals surface area contributed by atoms with E-state index in [-0.39, 0.29) is 0 Å². The molecular weight excluding hydrogens is 837 g/mol. The van der Waals surface area contributed by atoms with Crippen LogP contribution in [0.1, 0.15) is 303 Å². The zero-order chi connectivity index (χ0) is 50.5. The lowest BCUT2D eigenvalue weighted by Crippen LogP contribution is -2.36. The molecule has 69 heavy (non-hydrogen) atoms. The van der Waals surface area contributed by atoms with E-state index in [0.29, 0.717) is 0 Å². The highest BCUT2D eigenvalue weighted by atomic mass is 15.2. The van der Waals surface area contributed by atoms with E-state index in [1.54, 1.807) is 5.57 Å². The van der Waals surface area contributed by atoms with Gasteiger partial charge in [-0.25, -0.2) is 0 Å². The molecule has 1 aliphatic rings. The molecule has 0 aromatic carbocycles. The Morgan fingerprint density at radius 3 is 1.33 bits per heavy atom. The molecule has 4 heteroatoms. The Labute approximate surface area is 436 Å². The van der Waals surface area contributed by atoms with Crippen molar-refractivity contribution in [1.29, 1.82) is 0 Å². The van der Waals surface area contributed by atoms with Crippen molar-refractivity contribution in [2.75, 3.05) is 53.4 Å². The summed E-state index contributed by atoms with van der Waals surface area (Å²) in [4.78, 5) is 5.00. The summed E-state index contributed by atoms with van der Waals surface area (Å²) >= 11 is 0. The van der Waals surface area contributed by atoms with E-state index < -0.39 is 0 Å². The summed E-state index contributed by atoms with van der Waals surface area (Å²) in [6, 6.07) is 0. The van der Waals surface area contributed by atoms with Crippen LogP contribution in [0.25, 0.3) is 0 Å². The number of rotatable bonds is 45. The highest BCUT2D eigenvalue weighted by Crippen LogP contribution is 2.29. The molecule has 406 valence electrons. The summed E-state index contributed by atoms with van der Waals surface area (Å²) in [6.07, 6.45) is 71.1. The summed E-state index contributed by atoms with van der Waals surface area (Å²) in [6.45, 7) is 24.9. The smallest absolute Gasteiger partial charge is 0.0912 e. The predicted octanol–water partition coefficient (Wildman–Crippen LogP) is 19.7. The van der Waals surface area contributed by atoms with Gasteiger partial charge < -0.3 is 20.4 Å². The minimum absolute atomic E-state index is 0.779. The monoisotopic (exact) mass is 963 g/mol. The number of terminal acetylenes is 1. The lowest BCUT2D eigenvalue weighted by Gasteiger charge is -2.23. The normalized spacial score (nSPS) is 14.6. The third kappa shape index (κ3) is 48.3. The molecule has 1 aliphatic carbocycles. The van der Waals surface area contributed by atoms with Crippen LogP contribution in [-0.4, -0.2) is 63.2 Å². The molecule has 0 heterocycles. The van der Waals surface area contributed by atoms with Gasteiger partial charge in [-0.2, -0.15) is 0 Å². The molecule has 0 aromatic rings. The van der Waals surface area contributed by atoms with Gasteiger partial charge in [0.2, 0.25) is 0 Å². The molecular formula is C65H126N4. The van der Waals surface area contributed by atoms with E-state index in [1.165, 1.54) is 301 Å². The van der Waals surface area contributed by atoms with Crippen LogP contribution < -0.4 is 10.6 Å². The second-order valence-corrected chi connectivity index (χ2v) is 22.5. The molecule has 0 saturated heterocycles. The van der Waals surface area contributed by atoms with Crippen LogP contribution in [0.5, 0.6) is 0 Å². The van der Waals surface area contributed by atoms with Crippen molar-refractivity contribution < 1.29 is 0 Å². The van der Waals surface area contributed by atoms with Crippen molar-refractivity contribution in [3.8, 4) is 12.8 Å². The van der Waals surface area contributed by atoms with Gasteiger partial charge in [0, 0.05) is 19.6 Å². The van der Waals surface area contributed by atoms with Gasteiger partial charge >= 0.3 is 0 Å². The van der Waals surface area contributed by atoms with Gasteiger partial charge in [0.1, 0.15) is 0 Å². The standard InChI is InChI=1S/C63H124N4.C2H2/c1-8-10-12-14-32-40-49-63(50-41-33-15-13-11-9-2)60(4)46-37-29-23-22-26-34-42-56-67(58-54-65-61(5)64-53-44-55-66(6)7)57-43-35-27-28-36-45-59(3)51-52-62-47-38-30-24-20-18-16-17-19-21-25-31-39-48-62;1-2/h62-65H,3-5,8-58H2,1-2,6-7H3;1-2H. The fourth-order valence-electron chi connectivity index (χ4n) is 10.9. The number of nitrogens with one attached hydrogen (secondary N) is 2. The molecule has 0 aromatic heterocycles. The first-order valence-electron chi connectivity index (χ1n) is 31.1. The van der Waals surface area contributed by atoms with E-state index >= 15 is 0 Å². The molecule has 1 fully saturated rings. The average molecular weight is 964 g/mol. The molecule has 4 nitrogen and oxygen atoms in total. The van der Waals surface area contributed by atoms with Gasteiger partial charge in [-0.15, -0.1) is 12.8 Å². The minimum atomic E-state index is 0.779. The van der Waals surface area contributed by atoms with E-state index in [4.69, 9.17) is 6.58 Å². The molecule has 0 radical (unpaired) electrons. The Balaban J connectivity index is 0.0000228. The van der Waals surface area contributed by atoms with E-state index in [1.807, 2.05) is 0 Å². The van der Waals surface area contributed by atoms with Gasteiger partial charge in [-0.05, 0) is 116 Å². The maximum atomic E-state index is 4.70. The van der Waals surface area contributed by atoms with Crippen LogP contribution >= 0.6 is 0 Å². The SMILES string of the molecule is C#C.C=C(CCCCCCCN(CCCCCCCCCC(=C)C(CCCCCCCC)CCCCCCCC)CCNC(=C)NCCCN(C)C)CCC1CCCCCCCCCCCCCC1. The second kappa shape index (κ2) is 54.1. The first-order valence-corrected chi connectivity index (χ1v) is 31.1. The molecule has 1 saturated carbocycles. The molecule has 1 rings (SSSR count). The third-order valence-corrected chi connectivity index (χ3v) is 15.6. The molecule has 0 spiro atoms. The molecule has 2 N–H and O–H groups in total. The Bertz CT molecular complexity index is 1080. The van der Waals surface area contributed by atoms with Crippen LogP contribution in [0.15, 0.2) is 36.7 Å². The number of hydrogen-bond donors (Lipinski definition) is 2. The number of unbranched alkanes of at least 4 members (excludes halogenated alkanes) is 20. The van der Waals surface area contributed by atoms with Gasteiger partial charge in [-0.3, -0.25) is 0 Å². The largest absolute Gasteiger partial charge is 0.372 e. The minimum Gasteiger partial charge on any atom is -0.372 e. The first kappa shape index (κ1) is 67.3. The zero-order valence-electron chi connectivity index (χ0n) is 47.9. The first-order chi connectivity index (χ1) is 33.8. The predicted molar refractivity (Wildman–Crippen MR) is 314 cm³/mol. The van der Waals surface area contributed by atoms with Crippen molar-refractivity contribution >= 4 is 0 Å². The van der Waals surface area contributed by atoms with Gasteiger partial charge in [-0.1, -0.05) is 263 Å². The van der Waals surface area contributed by atoms with Gasteiger partial charge in [0.25, 0.3) is 0 Å². The molecule has 0 aliphatic heterocycles. The Kier molecular flexibility index (Phi) is 52.8. The summed E-state index contributed by atoms with van der Waals surface area (Å²) in [5.74, 6) is 2.71. The summed E-state index contributed by atoms with van der Waals surface area (Å²) in [7, 11) is 4.29.